The topological polar surface area (TPSA) is 84.5 Å². The Balaban J connectivity index is 2.78. The van der Waals surface area contributed by atoms with E-state index in [0.717, 1.165) is 19.1 Å². The minimum atomic E-state index is -3.39. The lowest BCUT2D eigenvalue weighted by Crippen LogP contribution is -2.30. The van der Waals surface area contributed by atoms with Gasteiger partial charge in [-0.1, -0.05) is 19.4 Å². The van der Waals surface area contributed by atoms with Crippen LogP contribution in [0.4, 0.5) is 5.69 Å². The third kappa shape index (κ3) is 5.26. The van der Waals surface area contributed by atoms with Crippen LogP contribution in [0, 0.1) is 0 Å². The van der Waals surface area contributed by atoms with Crippen molar-refractivity contribution in [2.45, 2.75) is 24.7 Å². The number of para-hydroxylation sites is 1. The van der Waals surface area contributed by atoms with Crippen LogP contribution in [-0.2, 0) is 14.6 Å². The van der Waals surface area contributed by atoms with Crippen LogP contribution in [0.1, 0.15) is 19.8 Å². The third-order valence-electron chi connectivity index (χ3n) is 2.87. The Morgan fingerprint density at radius 2 is 2.05 bits per heavy atom. The Morgan fingerprint density at radius 3 is 2.62 bits per heavy atom. The number of unbranched alkanes of at least 4 members (excludes halogenated alkanes) is 1. The molecule has 0 fully saturated rings. The van der Waals surface area contributed by atoms with Gasteiger partial charge in [-0.2, -0.15) is 0 Å². The van der Waals surface area contributed by atoms with Gasteiger partial charge in [-0.05, 0) is 18.6 Å². The van der Waals surface area contributed by atoms with Crippen LogP contribution < -0.4 is 15.4 Å². The average molecular weight is 314 g/mol. The SMILES string of the molecule is CCCCNC(=O)CNc1cccc(S(C)(=O)=O)c1OC. The number of ether oxygens (including phenoxy) is 1. The summed E-state index contributed by atoms with van der Waals surface area (Å²) in [7, 11) is -1.99. The minimum Gasteiger partial charge on any atom is -0.493 e. The van der Waals surface area contributed by atoms with Gasteiger partial charge in [-0.15, -0.1) is 0 Å². The van der Waals surface area contributed by atoms with Gasteiger partial charge in [0.1, 0.15) is 4.90 Å². The number of benzene rings is 1. The molecule has 0 spiro atoms. The molecule has 0 saturated heterocycles. The summed E-state index contributed by atoms with van der Waals surface area (Å²) in [5, 5.41) is 5.68. The molecule has 0 atom stereocenters. The summed E-state index contributed by atoms with van der Waals surface area (Å²) >= 11 is 0. The molecule has 118 valence electrons. The standard InChI is InChI=1S/C14H22N2O4S/c1-4-5-9-15-13(17)10-16-11-7-6-8-12(14(11)20-2)21(3,18)19/h6-8,16H,4-5,9-10H2,1-3H3,(H,15,17). The molecule has 1 rings (SSSR count). The maximum atomic E-state index is 11.7. The van der Waals surface area contributed by atoms with E-state index in [1.165, 1.54) is 13.2 Å². The van der Waals surface area contributed by atoms with E-state index in [9.17, 15) is 13.2 Å². The van der Waals surface area contributed by atoms with Crippen molar-refractivity contribution < 1.29 is 17.9 Å². The van der Waals surface area contributed by atoms with Crippen LogP contribution in [0.2, 0.25) is 0 Å². The van der Waals surface area contributed by atoms with Crippen molar-refractivity contribution in [2.75, 3.05) is 31.8 Å². The molecule has 1 aromatic carbocycles. The number of anilines is 1. The van der Waals surface area contributed by atoms with Crippen molar-refractivity contribution >= 4 is 21.4 Å². The molecule has 21 heavy (non-hydrogen) atoms. The summed E-state index contributed by atoms with van der Waals surface area (Å²) in [6.07, 6.45) is 3.06. The molecule has 0 bridgehead atoms. The predicted molar refractivity (Wildman–Crippen MR) is 82.5 cm³/mol. The predicted octanol–water partition coefficient (Wildman–Crippen LogP) is 1.43. The fourth-order valence-corrected chi connectivity index (χ4v) is 2.66. The lowest BCUT2D eigenvalue weighted by molar-refractivity contribution is -0.119. The van der Waals surface area contributed by atoms with E-state index < -0.39 is 9.84 Å². The second kappa shape index (κ2) is 7.87. The van der Waals surface area contributed by atoms with Crippen LogP contribution in [0.15, 0.2) is 23.1 Å². The quantitative estimate of drug-likeness (QED) is 0.709. The van der Waals surface area contributed by atoms with Crippen LogP contribution in [-0.4, -0.2) is 40.8 Å². The largest absolute Gasteiger partial charge is 0.493 e. The summed E-state index contributed by atoms with van der Waals surface area (Å²) in [6.45, 7) is 2.75. The number of amides is 1. The van der Waals surface area contributed by atoms with Crippen LogP contribution in [0.3, 0.4) is 0 Å². The summed E-state index contributed by atoms with van der Waals surface area (Å²) in [6, 6.07) is 4.75. The van der Waals surface area contributed by atoms with Gasteiger partial charge in [0.25, 0.3) is 0 Å². The van der Waals surface area contributed by atoms with Gasteiger partial charge < -0.3 is 15.4 Å². The van der Waals surface area contributed by atoms with E-state index >= 15 is 0 Å². The van der Waals surface area contributed by atoms with E-state index in [0.29, 0.717) is 12.2 Å². The van der Waals surface area contributed by atoms with Crippen molar-refractivity contribution in [1.29, 1.82) is 0 Å². The van der Waals surface area contributed by atoms with Gasteiger partial charge in [-0.25, -0.2) is 8.42 Å². The van der Waals surface area contributed by atoms with Gasteiger partial charge >= 0.3 is 0 Å². The normalized spacial score (nSPS) is 11.0. The fraction of sp³-hybridized carbons (Fsp3) is 0.500. The van der Waals surface area contributed by atoms with Gasteiger partial charge in [0.15, 0.2) is 15.6 Å². The number of hydrogen-bond acceptors (Lipinski definition) is 5. The Labute approximate surface area is 125 Å². The first-order chi connectivity index (χ1) is 9.90. The molecular weight excluding hydrogens is 292 g/mol. The van der Waals surface area contributed by atoms with Gasteiger partial charge in [0.2, 0.25) is 5.91 Å². The highest BCUT2D eigenvalue weighted by Gasteiger charge is 2.17. The molecule has 0 aliphatic carbocycles. The van der Waals surface area contributed by atoms with E-state index in [4.69, 9.17) is 4.74 Å². The third-order valence-corrected chi connectivity index (χ3v) is 3.99. The molecule has 6 nitrogen and oxygen atoms in total. The first kappa shape index (κ1) is 17.3. The number of carbonyl (C=O) groups is 1. The number of carbonyl (C=O) groups excluding carboxylic acids is 1. The highest BCUT2D eigenvalue weighted by molar-refractivity contribution is 7.90. The Morgan fingerprint density at radius 1 is 1.33 bits per heavy atom. The van der Waals surface area contributed by atoms with Crippen molar-refractivity contribution in [2.24, 2.45) is 0 Å². The zero-order valence-corrected chi connectivity index (χ0v) is 13.4. The van der Waals surface area contributed by atoms with Crippen molar-refractivity contribution in [3.05, 3.63) is 18.2 Å². The fourth-order valence-electron chi connectivity index (χ4n) is 1.80. The van der Waals surface area contributed by atoms with Crippen LogP contribution in [0.25, 0.3) is 0 Å². The highest BCUT2D eigenvalue weighted by atomic mass is 32.2. The number of hydrogen-bond donors (Lipinski definition) is 2. The Bertz CT molecular complexity index is 585. The second-order valence-corrected chi connectivity index (χ2v) is 6.65. The summed E-state index contributed by atoms with van der Waals surface area (Å²) in [5.74, 6) is 0.0802. The molecule has 0 unspecified atom stereocenters. The lowest BCUT2D eigenvalue weighted by Gasteiger charge is -2.14. The molecule has 0 heterocycles. The van der Waals surface area contributed by atoms with Crippen LogP contribution in [0.5, 0.6) is 5.75 Å². The molecule has 0 radical (unpaired) electrons. The Hall–Kier alpha value is -1.76. The molecule has 7 heteroatoms. The monoisotopic (exact) mass is 314 g/mol. The summed E-state index contributed by atoms with van der Waals surface area (Å²) < 4.78 is 28.5. The van der Waals surface area contributed by atoms with Crippen molar-refractivity contribution in [3.8, 4) is 5.75 Å². The first-order valence-electron chi connectivity index (χ1n) is 6.77. The molecule has 1 aromatic rings. The lowest BCUT2D eigenvalue weighted by atomic mass is 10.3. The van der Waals surface area contributed by atoms with Crippen LogP contribution >= 0.6 is 0 Å². The molecule has 0 aliphatic heterocycles. The van der Waals surface area contributed by atoms with E-state index in [-0.39, 0.29) is 23.1 Å². The van der Waals surface area contributed by atoms with Crippen molar-refractivity contribution in [3.63, 3.8) is 0 Å². The number of rotatable bonds is 8. The van der Waals surface area contributed by atoms with Gasteiger partial charge in [0, 0.05) is 12.8 Å². The minimum absolute atomic E-state index is 0.0628. The molecular formula is C14H22N2O4S. The molecule has 0 saturated carbocycles. The summed E-state index contributed by atoms with van der Waals surface area (Å²) in [4.78, 5) is 11.7. The maximum absolute atomic E-state index is 11.7. The zero-order chi connectivity index (χ0) is 15.9. The molecule has 1 amide bonds. The van der Waals surface area contributed by atoms with Gasteiger partial charge in [-0.3, -0.25) is 4.79 Å². The average Bonchev–Trinajstić information content (AvgIpc) is 2.44. The van der Waals surface area contributed by atoms with E-state index in [1.807, 2.05) is 6.92 Å². The maximum Gasteiger partial charge on any atom is 0.239 e. The number of sulfone groups is 1. The second-order valence-electron chi connectivity index (χ2n) is 4.67. The first-order valence-corrected chi connectivity index (χ1v) is 8.67. The molecule has 0 aromatic heterocycles. The number of nitrogens with one attached hydrogen (secondary N) is 2. The zero-order valence-electron chi connectivity index (χ0n) is 12.6. The Kier molecular flexibility index (Phi) is 6.48. The highest BCUT2D eigenvalue weighted by Crippen LogP contribution is 2.31. The van der Waals surface area contributed by atoms with Gasteiger partial charge in [0.05, 0.1) is 19.3 Å². The summed E-state index contributed by atoms with van der Waals surface area (Å²) in [5.41, 5.74) is 0.478. The number of methoxy groups -OCH3 is 1. The van der Waals surface area contributed by atoms with E-state index in [1.54, 1.807) is 12.1 Å². The molecule has 2 N–H and O–H groups in total. The van der Waals surface area contributed by atoms with E-state index in [2.05, 4.69) is 10.6 Å². The molecule has 0 aliphatic rings. The smallest absolute Gasteiger partial charge is 0.239 e. The van der Waals surface area contributed by atoms with Crippen molar-refractivity contribution in [1.82, 2.24) is 5.32 Å².